The topological polar surface area (TPSA) is 99.2 Å². The Hall–Kier alpha value is -3.13. The van der Waals surface area contributed by atoms with E-state index in [1.54, 1.807) is 11.8 Å². The molecule has 2 N–H and O–H groups in total. The highest BCUT2D eigenvalue weighted by molar-refractivity contribution is 6.06. The number of fused-ring (bicyclic) bond motifs is 1. The number of ether oxygens (including phenoxy) is 1. The molecule has 0 aliphatic carbocycles. The molecule has 1 aromatic carbocycles. The lowest BCUT2D eigenvalue weighted by Gasteiger charge is -2.44. The van der Waals surface area contributed by atoms with Crippen molar-refractivity contribution >= 4 is 23.5 Å². The van der Waals surface area contributed by atoms with Crippen molar-refractivity contribution in [1.82, 2.24) is 15.1 Å². The number of amides is 3. The third kappa shape index (κ3) is 3.37. The van der Waals surface area contributed by atoms with E-state index in [0.717, 1.165) is 16.7 Å². The number of nitrogens with zero attached hydrogens (tertiary/aromatic N) is 2. The number of carbonyl (C=O) groups excluding carboxylic acids is 3. The third-order valence-electron chi connectivity index (χ3n) is 5.88. The van der Waals surface area contributed by atoms with Gasteiger partial charge in [0.2, 0.25) is 5.91 Å². The Balaban J connectivity index is 1.60. The number of rotatable bonds is 7. The Morgan fingerprint density at radius 1 is 1.37 bits per heavy atom. The maximum absolute atomic E-state index is 12.7. The van der Waals surface area contributed by atoms with E-state index in [0.29, 0.717) is 26.1 Å². The molecular formula is C22H25N3O5. The fraction of sp³-hybridized carbons (Fsp3) is 0.409. The van der Waals surface area contributed by atoms with E-state index in [1.165, 1.54) is 11.0 Å². The number of esters is 1. The molecule has 0 saturated carbocycles. The van der Waals surface area contributed by atoms with E-state index in [2.05, 4.69) is 11.9 Å². The Kier molecular flexibility index (Phi) is 5.34. The zero-order valence-electron chi connectivity index (χ0n) is 16.8. The lowest BCUT2D eigenvalue weighted by Crippen LogP contribution is -2.61. The first-order chi connectivity index (χ1) is 14.4. The molecular weight excluding hydrogens is 386 g/mol. The Labute approximate surface area is 174 Å². The first-order valence-electron chi connectivity index (χ1n) is 10.1. The van der Waals surface area contributed by atoms with E-state index in [4.69, 9.17) is 4.74 Å². The number of hydrogen-bond acceptors (Lipinski definition) is 5. The van der Waals surface area contributed by atoms with Crippen LogP contribution in [0.25, 0.3) is 5.57 Å². The van der Waals surface area contributed by atoms with Gasteiger partial charge in [-0.1, -0.05) is 36.9 Å². The number of urea groups is 1. The van der Waals surface area contributed by atoms with Gasteiger partial charge in [-0.25, -0.2) is 9.59 Å². The van der Waals surface area contributed by atoms with Gasteiger partial charge in [-0.3, -0.25) is 4.79 Å². The van der Waals surface area contributed by atoms with Gasteiger partial charge in [0, 0.05) is 19.6 Å². The molecule has 158 valence electrons. The van der Waals surface area contributed by atoms with Crippen LogP contribution in [0.3, 0.4) is 0 Å². The van der Waals surface area contributed by atoms with E-state index in [1.807, 2.05) is 24.3 Å². The smallest absolute Gasteiger partial charge is 0.355 e. The summed E-state index contributed by atoms with van der Waals surface area (Å²) in [6, 6.07) is 7.32. The van der Waals surface area contributed by atoms with Crippen LogP contribution in [-0.2, 0) is 20.9 Å². The average molecular weight is 411 g/mol. The second-order valence-electron chi connectivity index (χ2n) is 7.81. The highest BCUT2D eigenvalue weighted by atomic mass is 16.5. The fourth-order valence-electron chi connectivity index (χ4n) is 4.41. The van der Waals surface area contributed by atoms with Crippen LogP contribution in [0.5, 0.6) is 0 Å². The number of β-lactam (4-membered cyclic amide) rings is 1. The van der Waals surface area contributed by atoms with Gasteiger partial charge in [-0.05, 0) is 30.0 Å². The van der Waals surface area contributed by atoms with Gasteiger partial charge in [0.1, 0.15) is 12.3 Å². The maximum atomic E-state index is 12.7. The van der Waals surface area contributed by atoms with Crippen molar-refractivity contribution in [2.75, 3.05) is 19.7 Å². The summed E-state index contributed by atoms with van der Waals surface area (Å²) in [5.74, 6) is -1.34. The molecule has 3 atom stereocenters. The molecule has 3 heterocycles. The van der Waals surface area contributed by atoms with Gasteiger partial charge in [0.25, 0.3) is 0 Å². The lowest BCUT2D eigenvalue weighted by atomic mass is 9.82. The Morgan fingerprint density at radius 2 is 2.10 bits per heavy atom. The molecule has 4 rings (SSSR count). The monoisotopic (exact) mass is 411 g/mol. The zero-order valence-corrected chi connectivity index (χ0v) is 16.8. The predicted octanol–water partition coefficient (Wildman–Crippen LogP) is 1.26. The van der Waals surface area contributed by atoms with Gasteiger partial charge in [-0.15, -0.1) is 0 Å². The van der Waals surface area contributed by atoms with Crippen LogP contribution in [0.4, 0.5) is 4.79 Å². The molecule has 3 amide bonds. The Bertz CT molecular complexity index is 921. The van der Waals surface area contributed by atoms with Crippen molar-refractivity contribution in [2.45, 2.75) is 32.0 Å². The minimum atomic E-state index is -0.780. The average Bonchev–Trinajstić information content (AvgIpc) is 3.27. The molecule has 0 spiro atoms. The molecule has 2 fully saturated rings. The van der Waals surface area contributed by atoms with Gasteiger partial charge in [0.15, 0.2) is 0 Å². The second-order valence-corrected chi connectivity index (χ2v) is 7.81. The lowest BCUT2D eigenvalue weighted by molar-refractivity contribution is -0.162. The highest BCUT2D eigenvalue weighted by Crippen LogP contribution is 2.47. The predicted molar refractivity (Wildman–Crippen MR) is 109 cm³/mol. The van der Waals surface area contributed by atoms with Gasteiger partial charge in [-0.2, -0.15) is 0 Å². The van der Waals surface area contributed by atoms with Gasteiger partial charge < -0.3 is 25.0 Å². The van der Waals surface area contributed by atoms with Crippen LogP contribution < -0.4 is 5.32 Å². The quantitative estimate of drug-likeness (QED) is 0.400. The van der Waals surface area contributed by atoms with Crippen molar-refractivity contribution in [3.05, 3.63) is 53.7 Å². The highest BCUT2D eigenvalue weighted by Gasteiger charge is 2.57. The summed E-state index contributed by atoms with van der Waals surface area (Å²) in [6.45, 7) is 7.03. The standard InChI is InChI=1S/C22H25N3O5/c1-3-10-30-21(28)19-16(11-17-18(13(2)26)20(27)25(17)19)15-6-4-14(5-7-15)12-24-9-8-23-22(24)29/h3-7,13,17-18,26H,1,8-12H2,2H3,(H,23,29)/t13?,17-,18-/m1/s1. The SMILES string of the molecule is C=CCOC(=O)C1=C(c2ccc(CN3CCNC3=O)cc2)C[C@@H]2[C@@H](C(C)O)C(=O)N12. The first kappa shape index (κ1) is 20.2. The van der Waals surface area contributed by atoms with Crippen LogP contribution in [0.1, 0.15) is 24.5 Å². The van der Waals surface area contributed by atoms with Crippen molar-refractivity contribution in [3.8, 4) is 0 Å². The molecule has 0 aromatic heterocycles. The van der Waals surface area contributed by atoms with E-state index >= 15 is 0 Å². The summed E-state index contributed by atoms with van der Waals surface area (Å²) in [5.41, 5.74) is 2.78. The molecule has 0 bridgehead atoms. The summed E-state index contributed by atoms with van der Waals surface area (Å²) in [6.07, 6.45) is 1.18. The largest absolute Gasteiger partial charge is 0.457 e. The van der Waals surface area contributed by atoms with Crippen LogP contribution in [0, 0.1) is 5.92 Å². The van der Waals surface area contributed by atoms with Crippen LogP contribution in [0.15, 0.2) is 42.6 Å². The second kappa shape index (κ2) is 7.95. The molecule has 1 unspecified atom stereocenters. The minimum absolute atomic E-state index is 0.0545. The summed E-state index contributed by atoms with van der Waals surface area (Å²) >= 11 is 0. The number of carbonyl (C=O) groups is 3. The molecule has 30 heavy (non-hydrogen) atoms. The molecule has 3 aliphatic rings. The minimum Gasteiger partial charge on any atom is -0.457 e. The van der Waals surface area contributed by atoms with E-state index in [9.17, 15) is 19.5 Å². The molecule has 0 radical (unpaired) electrons. The number of benzene rings is 1. The van der Waals surface area contributed by atoms with Crippen LogP contribution >= 0.6 is 0 Å². The van der Waals surface area contributed by atoms with Crippen LogP contribution in [0.2, 0.25) is 0 Å². The van der Waals surface area contributed by atoms with E-state index < -0.39 is 18.0 Å². The summed E-state index contributed by atoms with van der Waals surface area (Å²) < 4.78 is 5.23. The third-order valence-corrected chi connectivity index (χ3v) is 5.88. The summed E-state index contributed by atoms with van der Waals surface area (Å²) in [7, 11) is 0. The number of aliphatic hydroxyl groups is 1. The molecule has 2 saturated heterocycles. The molecule has 1 aromatic rings. The van der Waals surface area contributed by atoms with Crippen molar-refractivity contribution < 1.29 is 24.2 Å². The maximum Gasteiger partial charge on any atom is 0.355 e. The normalized spacial score (nSPS) is 23.8. The molecule has 8 nitrogen and oxygen atoms in total. The number of aliphatic hydroxyl groups excluding tert-OH is 1. The van der Waals surface area contributed by atoms with Crippen molar-refractivity contribution in [1.29, 1.82) is 0 Å². The summed E-state index contributed by atoms with van der Waals surface area (Å²) in [5, 5.41) is 12.8. The van der Waals surface area contributed by atoms with Crippen molar-refractivity contribution in [3.63, 3.8) is 0 Å². The number of nitrogens with one attached hydrogen (secondary N) is 1. The molecule has 8 heteroatoms. The van der Waals surface area contributed by atoms with Crippen molar-refractivity contribution in [2.24, 2.45) is 5.92 Å². The van der Waals surface area contributed by atoms with Gasteiger partial charge >= 0.3 is 12.0 Å². The summed E-state index contributed by atoms with van der Waals surface area (Å²) in [4.78, 5) is 40.2. The van der Waals surface area contributed by atoms with E-state index in [-0.39, 0.29) is 30.3 Å². The van der Waals surface area contributed by atoms with Crippen LogP contribution in [-0.4, -0.2) is 64.7 Å². The van der Waals surface area contributed by atoms with Gasteiger partial charge in [0.05, 0.1) is 18.1 Å². The molecule has 3 aliphatic heterocycles. The first-order valence-corrected chi connectivity index (χ1v) is 10.1. The number of hydrogen-bond donors (Lipinski definition) is 2. The Morgan fingerprint density at radius 3 is 2.70 bits per heavy atom. The fourth-order valence-corrected chi connectivity index (χ4v) is 4.41. The zero-order chi connectivity index (χ0) is 21.4.